The van der Waals surface area contributed by atoms with E-state index in [1.807, 2.05) is 30.5 Å². The molecule has 0 aliphatic heterocycles. The Labute approximate surface area is 104 Å². The van der Waals surface area contributed by atoms with Gasteiger partial charge in [0.05, 0.1) is 11.7 Å². The first-order valence-electron chi connectivity index (χ1n) is 4.93. The van der Waals surface area contributed by atoms with Crippen LogP contribution in [-0.2, 0) is 0 Å². The zero-order valence-corrected chi connectivity index (χ0v) is 9.63. The normalized spacial score (nSPS) is 10.1. The number of aromatic nitrogens is 3. The molecule has 2 heterocycles. The van der Waals surface area contributed by atoms with E-state index in [1.165, 1.54) is 0 Å². The molecule has 4 nitrogen and oxygen atoms in total. The predicted octanol–water partition coefficient (Wildman–Crippen LogP) is 2.52. The quantitative estimate of drug-likeness (QED) is 0.719. The Morgan fingerprint density at radius 1 is 1.12 bits per heavy atom. The third kappa shape index (κ3) is 1.94. The van der Waals surface area contributed by atoms with Gasteiger partial charge in [0.15, 0.2) is 0 Å². The van der Waals surface area contributed by atoms with Crippen molar-refractivity contribution in [2.75, 3.05) is 0 Å². The van der Waals surface area contributed by atoms with Crippen LogP contribution in [0.5, 0.6) is 5.75 Å². The molecule has 1 aromatic carbocycles. The maximum absolute atomic E-state index is 9.75. The van der Waals surface area contributed by atoms with Crippen LogP contribution >= 0.6 is 12.4 Å². The number of pyridine rings is 1. The topological polar surface area (TPSA) is 50.4 Å². The van der Waals surface area contributed by atoms with Crippen LogP contribution in [0.2, 0.25) is 0 Å². The van der Waals surface area contributed by atoms with Gasteiger partial charge in [0.25, 0.3) is 0 Å². The van der Waals surface area contributed by atoms with Crippen molar-refractivity contribution in [2.24, 2.45) is 0 Å². The summed E-state index contributed by atoms with van der Waals surface area (Å²) in [5.41, 5.74) is 2.67. The second-order valence-electron chi connectivity index (χ2n) is 3.54. The van der Waals surface area contributed by atoms with E-state index in [-0.39, 0.29) is 18.2 Å². The van der Waals surface area contributed by atoms with Crippen molar-refractivity contribution in [2.45, 2.75) is 0 Å². The number of fused-ring (bicyclic) bond motifs is 1. The lowest BCUT2D eigenvalue weighted by Crippen LogP contribution is -1.87. The van der Waals surface area contributed by atoms with E-state index in [0.717, 1.165) is 16.6 Å². The van der Waals surface area contributed by atoms with Gasteiger partial charge in [-0.2, -0.15) is 0 Å². The Hall–Kier alpha value is -2.07. The van der Waals surface area contributed by atoms with E-state index in [9.17, 15) is 5.11 Å². The minimum Gasteiger partial charge on any atom is -0.507 e. The summed E-state index contributed by atoms with van der Waals surface area (Å²) in [4.78, 5) is 0. The molecule has 2 aromatic heterocycles. The van der Waals surface area contributed by atoms with Crippen molar-refractivity contribution < 1.29 is 5.11 Å². The second-order valence-corrected chi connectivity index (χ2v) is 3.54. The molecule has 0 saturated carbocycles. The summed E-state index contributed by atoms with van der Waals surface area (Å²) in [5, 5.41) is 17.4. The second kappa shape index (κ2) is 4.43. The van der Waals surface area contributed by atoms with Crippen LogP contribution in [0.15, 0.2) is 48.8 Å². The molecular formula is C12H10ClN3O. The highest BCUT2D eigenvalue weighted by atomic mass is 35.5. The van der Waals surface area contributed by atoms with E-state index in [0.29, 0.717) is 0 Å². The van der Waals surface area contributed by atoms with Crippen LogP contribution in [0, 0.1) is 0 Å². The van der Waals surface area contributed by atoms with E-state index < -0.39 is 0 Å². The van der Waals surface area contributed by atoms with Crippen molar-refractivity contribution in [1.29, 1.82) is 0 Å². The summed E-state index contributed by atoms with van der Waals surface area (Å²) in [6.07, 6.45) is 3.51. The molecule has 0 atom stereocenters. The lowest BCUT2D eigenvalue weighted by Gasteiger charge is -2.04. The first kappa shape index (κ1) is 11.4. The Kier molecular flexibility index (Phi) is 2.97. The van der Waals surface area contributed by atoms with E-state index in [1.54, 1.807) is 22.8 Å². The van der Waals surface area contributed by atoms with Gasteiger partial charge in [-0.15, -0.1) is 17.5 Å². The molecule has 5 heteroatoms. The predicted molar refractivity (Wildman–Crippen MR) is 67.3 cm³/mol. The molecule has 17 heavy (non-hydrogen) atoms. The van der Waals surface area contributed by atoms with Gasteiger partial charge >= 0.3 is 0 Å². The van der Waals surface area contributed by atoms with Crippen LogP contribution in [0.4, 0.5) is 0 Å². The highest BCUT2D eigenvalue weighted by molar-refractivity contribution is 5.85. The molecule has 3 aromatic rings. The van der Waals surface area contributed by atoms with E-state index >= 15 is 0 Å². The Morgan fingerprint density at radius 3 is 2.76 bits per heavy atom. The number of para-hydroxylation sites is 1. The monoisotopic (exact) mass is 247 g/mol. The average Bonchev–Trinajstić information content (AvgIpc) is 2.76. The lowest BCUT2D eigenvalue weighted by atomic mass is 10.1. The summed E-state index contributed by atoms with van der Waals surface area (Å²) in [6, 6.07) is 11.1. The maximum Gasteiger partial charge on any atom is 0.123 e. The molecule has 0 unspecified atom stereocenters. The van der Waals surface area contributed by atoms with E-state index in [4.69, 9.17) is 0 Å². The first-order chi connectivity index (χ1) is 7.84. The molecule has 0 radical (unpaired) electrons. The number of benzene rings is 1. The van der Waals surface area contributed by atoms with Gasteiger partial charge in [0, 0.05) is 11.8 Å². The van der Waals surface area contributed by atoms with Crippen LogP contribution in [0.3, 0.4) is 0 Å². The highest BCUT2D eigenvalue weighted by Crippen LogP contribution is 2.28. The van der Waals surface area contributed by atoms with Gasteiger partial charge in [-0.3, -0.25) is 0 Å². The summed E-state index contributed by atoms with van der Waals surface area (Å²) in [6.45, 7) is 0. The Bertz CT molecular complexity index is 651. The summed E-state index contributed by atoms with van der Waals surface area (Å²) >= 11 is 0. The third-order valence-electron chi connectivity index (χ3n) is 2.52. The van der Waals surface area contributed by atoms with Gasteiger partial charge in [-0.1, -0.05) is 23.4 Å². The molecule has 0 aliphatic carbocycles. The smallest absolute Gasteiger partial charge is 0.123 e. The van der Waals surface area contributed by atoms with Crippen LogP contribution in [0.25, 0.3) is 16.6 Å². The molecular weight excluding hydrogens is 238 g/mol. The first-order valence-corrected chi connectivity index (χ1v) is 4.93. The molecule has 0 bridgehead atoms. The maximum atomic E-state index is 9.75. The number of phenols is 1. The number of hydrogen-bond donors (Lipinski definition) is 1. The Morgan fingerprint density at radius 2 is 1.94 bits per heavy atom. The van der Waals surface area contributed by atoms with Crippen molar-refractivity contribution in [3.63, 3.8) is 0 Å². The number of aromatic hydroxyl groups is 1. The van der Waals surface area contributed by atoms with Crippen LogP contribution < -0.4 is 0 Å². The van der Waals surface area contributed by atoms with Crippen molar-refractivity contribution >= 4 is 17.9 Å². The summed E-state index contributed by atoms with van der Waals surface area (Å²) in [5.74, 6) is 0.277. The molecule has 3 rings (SSSR count). The minimum absolute atomic E-state index is 0. The van der Waals surface area contributed by atoms with Crippen molar-refractivity contribution in [3.8, 4) is 16.9 Å². The number of nitrogens with zero attached hydrogens (tertiary/aromatic N) is 3. The zero-order chi connectivity index (χ0) is 11.0. The molecule has 0 saturated heterocycles. The standard InChI is InChI=1S/C12H9N3O.ClH/c16-12-4-2-1-3-11(12)9-5-6-15-10(7-9)8-13-14-15;/h1-8,16H;1H. The molecule has 0 fully saturated rings. The summed E-state index contributed by atoms with van der Waals surface area (Å²) in [7, 11) is 0. The average molecular weight is 248 g/mol. The molecule has 0 spiro atoms. The fourth-order valence-electron chi connectivity index (χ4n) is 1.71. The molecule has 0 aliphatic rings. The SMILES string of the molecule is Cl.Oc1ccccc1-c1ccn2nncc2c1. The van der Waals surface area contributed by atoms with Gasteiger partial charge < -0.3 is 5.11 Å². The van der Waals surface area contributed by atoms with Gasteiger partial charge in [0.1, 0.15) is 5.75 Å². The van der Waals surface area contributed by atoms with Gasteiger partial charge in [-0.05, 0) is 23.8 Å². The minimum atomic E-state index is 0. The van der Waals surface area contributed by atoms with Crippen molar-refractivity contribution in [3.05, 3.63) is 48.8 Å². The fourth-order valence-corrected chi connectivity index (χ4v) is 1.71. The fraction of sp³-hybridized carbons (Fsp3) is 0. The molecule has 0 amide bonds. The zero-order valence-electron chi connectivity index (χ0n) is 8.82. The van der Waals surface area contributed by atoms with Gasteiger partial charge in [0.2, 0.25) is 0 Å². The lowest BCUT2D eigenvalue weighted by molar-refractivity contribution is 0.477. The number of halogens is 1. The summed E-state index contributed by atoms with van der Waals surface area (Å²) < 4.78 is 1.68. The Balaban J connectivity index is 0.00000108. The molecule has 1 N–H and O–H groups in total. The molecule has 86 valence electrons. The third-order valence-corrected chi connectivity index (χ3v) is 2.52. The van der Waals surface area contributed by atoms with E-state index in [2.05, 4.69) is 10.3 Å². The number of hydrogen-bond acceptors (Lipinski definition) is 3. The van der Waals surface area contributed by atoms with Crippen LogP contribution in [0.1, 0.15) is 0 Å². The number of rotatable bonds is 1. The highest BCUT2D eigenvalue weighted by Gasteiger charge is 2.04. The largest absolute Gasteiger partial charge is 0.507 e. The van der Waals surface area contributed by atoms with Crippen LogP contribution in [-0.4, -0.2) is 19.9 Å². The van der Waals surface area contributed by atoms with Gasteiger partial charge in [-0.25, -0.2) is 4.52 Å². The number of phenolic OH excluding ortho intramolecular Hbond substituents is 1. The van der Waals surface area contributed by atoms with Crippen molar-refractivity contribution in [1.82, 2.24) is 14.8 Å².